The maximum atomic E-state index is 12.9. The Morgan fingerprint density at radius 2 is 0.534 bits per heavy atom. The Morgan fingerprint density at radius 1 is 0.288 bits per heavy atom. The first kappa shape index (κ1) is 69.6. The van der Waals surface area contributed by atoms with Gasteiger partial charge < -0.3 is 14.2 Å². The Labute approximate surface area is 452 Å². The van der Waals surface area contributed by atoms with Gasteiger partial charge in [-0.1, -0.05) is 254 Å². The summed E-state index contributed by atoms with van der Waals surface area (Å²) in [4.78, 5) is 38.2. The third kappa shape index (κ3) is 59.3. The molecule has 0 aromatic rings. The van der Waals surface area contributed by atoms with E-state index < -0.39 is 6.10 Å². The lowest BCUT2D eigenvalue weighted by Gasteiger charge is -2.18. The second-order valence-corrected chi connectivity index (χ2v) is 20.6. The fraction of sp³-hybridized carbons (Fsp3) is 0.746. The van der Waals surface area contributed by atoms with E-state index in [1.54, 1.807) is 0 Å². The number of ether oxygens (including phenoxy) is 3. The average Bonchev–Trinajstić information content (AvgIpc) is 3.39. The van der Waals surface area contributed by atoms with Gasteiger partial charge in [0.25, 0.3) is 0 Å². The lowest BCUT2D eigenvalue weighted by atomic mass is 10.0. The van der Waals surface area contributed by atoms with Gasteiger partial charge in [-0.05, 0) is 116 Å². The maximum absolute atomic E-state index is 12.9. The van der Waals surface area contributed by atoms with E-state index in [0.29, 0.717) is 19.3 Å². The lowest BCUT2D eigenvalue weighted by Crippen LogP contribution is -2.30. The molecule has 6 nitrogen and oxygen atoms in total. The third-order valence-electron chi connectivity index (χ3n) is 13.4. The van der Waals surface area contributed by atoms with Crippen LogP contribution < -0.4 is 0 Å². The summed E-state index contributed by atoms with van der Waals surface area (Å²) < 4.78 is 16.9. The normalized spacial score (nSPS) is 12.6. The van der Waals surface area contributed by atoms with Gasteiger partial charge in [0.05, 0.1) is 0 Å². The summed E-state index contributed by atoms with van der Waals surface area (Å²) in [5, 5.41) is 0. The van der Waals surface area contributed by atoms with Crippen LogP contribution >= 0.6 is 0 Å². The predicted molar refractivity (Wildman–Crippen MR) is 316 cm³/mol. The standard InChI is InChI=1S/C67H116O6/c1-4-7-10-13-16-19-22-25-27-28-29-30-31-32-33-34-35-36-37-38-40-42-45-48-51-54-57-60-66(69)72-63-64(62-71-65(68)59-56-53-50-47-44-41-24-21-18-15-12-9-6-3)73-67(70)61-58-55-52-49-46-43-39-26-23-20-17-14-11-8-5-2/h9,12,18,21-22,25-26,28-29,31-32,39,41,44,64H,4-8,10-11,13-17,19-20,23-24,27,30,33-38,40,42-43,45-63H2,1-3H3/b12-9-,21-18-,25-22-,29-28-,32-31-,39-26-,44-41-. The molecule has 6 heteroatoms. The van der Waals surface area contributed by atoms with Crippen LogP contribution in [0, 0.1) is 0 Å². The Hall–Kier alpha value is -3.41. The highest BCUT2D eigenvalue weighted by molar-refractivity contribution is 5.71. The van der Waals surface area contributed by atoms with Crippen molar-refractivity contribution >= 4 is 17.9 Å². The number of carbonyl (C=O) groups is 3. The lowest BCUT2D eigenvalue weighted by molar-refractivity contribution is -0.167. The smallest absolute Gasteiger partial charge is 0.306 e. The number of esters is 3. The molecule has 0 bridgehead atoms. The summed E-state index contributed by atoms with van der Waals surface area (Å²) in [7, 11) is 0. The van der Waals surface area contributed by atoms with Crippen LogP contribution in [-0.4, -0.2) is 37.2 Å². The number of unbranched alkanes of at least 4 members (excludes halogenated alkanes) is 31. The van der Waals surface area contributed by atoms with Crippen molar-refractivity contribution in [1.82, 2.24) is 0 Å². The average molecular weight is 1020 g/mol. The fourth-order valence-corrected chi connectivity index (χ4v) is 8.69. The second-order valence-electron chi connectivity index (χ2n) is 20.6. The van der Waals surface area contributed by atoms with Crippen LogP contribution in [0.25, 0.3) is 0 Å². The molecule has 0 radical (unpaired) electrons. The number of allylic oxidation sites excluding steroid dienone is 14. The Morgan fingerprint density at radius 3 is 0.863 bits per heavy atom. The minimum Gasteiger partial charge on any atom is -0.462 e. The van der Waals surface area contributed by atoms with Crippen molar-refractivity contribution in [3.8, 4) is 0 Å². The van der Waals surface area contributed by atoms with Crippen LogP contribution in [0.15, 0.2) is 85.1 Å². The Bertz CT molecular complexity index is 1400. The van der Waals surface area contributed by atoms with Gasteiger partial charge >= 0.3 is 17.9 Å². The quantitative estimate of drug-likeness (QED) is 0.0261. The predicted octanol–water partition coefficient (Wildman–Crippen LogP) is 21.1. The topological polar surface area (TPSA) is 78.9 Å². The molecule has 0 aromatic carbocycles. The zero-order chi connectivity index (χ0) is 52.9. The van der Waals surface area contributed by atoms with E-state index in [0.717, 1.165) is 109 Å². The first-order valence-electron chi connectivity index (χ1n) is 31.1. The molecule has 1 atom stereocenters. The Kier molecular flexibility index (Phi) is 58.3. The summed E-state index contributed by atoms with van der Waals surface area (Å²) in [6.45, 7) is 6.49. The van der Waals surface area contributed by atoms with Crippen LogP contribution in [0.3, 0.4) is 0 Å². The molecular formula is C67H116O6. The van der Waals surface area contributed by atoms with Gasteiger partial charge in [0.1, 0.15) is 13.2 Å². The van der Waals surface area contributed by atoms with Gasteiger partial charge in [-0.25, -0.2) is 0 Å². The third-order valence-corrected chi connectivity index (χ3v) is 13.4. The summed E-state index contributed by atoms with van der Waals surface area (Å²) in [5.74, 6) is -0.922. The number of hydrogen-bond donors (Lipinski definition) is 0. The van der Waals surface area contributed by atoms with E-state index in [1.807, 2.05) is 0 Å². The molecule has 420 valence electrons. The van der Waals surface area contributed by atoms with Crippen molar-refractivity contribution in [3.63, 3.8) is 0 Å². The van der Waals surface area contributed by atoms with Crippen LogP contribution in [0.2, 0.25) is 0 Å². The van der Waals surface area contributed by atoms with Crippen molar-refractivity contribution in [1.29, 1.82) is 0 Å². The monoisotopic (exact) mass is 1020 g/mol. The molecule has 0 heterocycles. The molecule has 0 saturated heterocycles. The molecule has 1 unspecified atom stereocenters. The van der Waals surface area contributed by atoms with E-state index in [2.05, 4.69) is 106 Å². The van der Waals surface area contributed by atoms with E-state index in [1.165, 1.54) is 154 Å². The molecule has 0 aliphatic carbocycles. The molecule has 0 aliphatic rings. The summed E-state index contributed by atoms with van der Waals surface area (Å²) in [6, 6.07) is 0. The highest BCUT2D eigenvalue weighted by Gasteiger charge is 2.19. The van der Waals surface area contributed by atoms with Crippen molar-refractivity contribution in [2.24, 2.45) is 0 Å². The zero-order valence-corrected chi connectivity index (χ0v) is 48.1. The van der Waals surface area contributed by atoms with Crippen molar-refractivity contribution in [2.75, 3.05) is 13.2 Å². The molecule has 73 heavy (non-hydrogen) atoms. The SMILES string of the molecule is CC/C=C\C/C=C\C/C=C\CCCCCC(=O)OCC(COC(=O)CCCCCCCCCCCCCC/C=C\C/C=C\C/C=C\CCCCCCC)OC(=O)CCCCCCC/C=C\CCCCCCCC. The molecule has 0 saturated carbocycles. The van der Waals surface area contributed by atoms with Gasteiger partial charge in [-0.2, -0.15) is 0 Å². The van der Waals surface area contributed by atoms with Crippen LogP contribution in [0.5, 0.6) is 0 Å². The van der Waals surface area contributed by atoms with Gasteiger partial charge in [0.2, 0.25) is 0 Å². The van der Waals surface area contributed by atoms with Gasteiger partial charge in [0, 0.05) is 19.3 Å². The molecule has 0 fully saturated rings. The number of carbonyl (C=O) groups excluding carboxylic acids is 3. The molecule has 0 amide bonds. The zero-order valence-electron chi connectivity index (χ0n) is 48.1. The fourth-order valence-electron chi connectivity index (χ4n) is 8.69. The van der Waals surface area contributed by atoms with Gasteiger partial charge in [-0.15, -0.1) is 0 Å². The van der Waals surface area contributed by atoms with Crippen LogP contribution in [-0.2, 0) is 28.6 Å². The van der Waals surface area contributed by atoms with E-state index in [-0.39, 0.29) is 31.1 Å². The molecular weight excluding hydrogens is 901 g/mol. The van der Waals surface area contributed by atoms with Crippen molar-refractivity contribution < 1.29 is 28.6 Å². The van der Waals surface area contributed by atoms with Crippen LogP contribution in [0.1, 0.15) is 303 Å². The minimum atomic E-state index is -0.794. The Balaban J connectivity index is 4.28. The molecule has 0 N–H and O–H groups in total. The van der Waals surface area contributed by atoms with Crippen LogP contribution in [0.4, 0.5) is 0 Å². The van der Waals surface area contributed by atoms with Gasteiger partial charge in [-0.3, -0.25) is 14.4 Å². The minimum absolute atomic E-state index is 0.0894. The summed E-state index contributed by atoms with van der Waals surface area (Å²) in [5.41, 5.74) is 0. The van der Waals surface area contributed by atoms with E-state index in [9.17, 15) is 14.4 Å². The van der Waals surface area contributed by atoms with Crippen molar-refractivity contribution in [2.45, 2.75) is 309 Å². The highest BCUT2D eigenvalue weighted by atomic mass is 16.6. The maximum Gasteiger partial charge on any atom is 0.306 e. The van der Waals surface area contributed by atoms with E-state index >= 15 is 0 Å². The molecule has 0 aromatic heterocycles. The van der Waals surface area contributed by atoms with Gasteiger partial charge in [0.15, 0.2) is 6.10 Å². The molecule has 0 rings (SSSR count). The highest BCUT2D eigenvalue weighted by Crippen LogP contribution is 2.16. The summed E-state index contributed by atoms with van der Waals surface area (Å²) >= 11 is 0. The molecule has 0 spiro atoms. The number of hydrogen-bond acceptors (Lipinski definition) is 6. The first-order valence-corrected chi connectivity index (χ1v) is 31.1. The van der Waals surface area contributed by atoms with Crippen molar-refractivity contribution in [3.05, 3.63) is 85.1 Å². The van der Waals surface area contributed by atoms with E-state index in [4.69, 9.17) is 14.2 Å². The molecule has 0 aliphatic heterocycles. The number of rotatable bonds is 56. The summed E-state index contributed by atoms with van der Waals surface area (Å²) in [6.07, 6.45) is 80.2. The largest absolute Gasteiger partial charge is 0.462 e. The first-order chi connectivity index (χ1) is 36.0. The second kappa shape index (κ2) is 61.1.